The van der Waals surface area contributed by atoms with Crippen molar-refractivity contribution in [2.45, 2.75) is 20.5 Å². The molecule has 0 saturated carbocycles. The molecule has 2 aromatic rings. The van der Waals surface area contributed by atoms with Crippen molar-refractivity contribution in [1.82, 2.24) is 0 Å². The highest BCUT2D eigenvalue weighted by Gasteiger charge is 2.02. The normalized spacial score (nSPS) is 10.3. The minimum Gasteiger partial charge on any atom is -0.489 e. The third kappa shape index (κ3) is 3.01. The van der Waals surface area contributed by atoms with Crippen molar-refractivity contribution in [1.29, 1.82) is 0 Å². The summed E-state index contributed by atoms with van der Waals surface area (Å²) < 4.78 is 5.77. The van der Waals surface area contributed by atoms with Crippen molar-refractivity contribution in [3.63, 3.8) is 0 Å². The predicted molar refractivity (Wildman–Crippen MR) is 71.7 cm³/mol. The van der Waals surface area contributed by atoms with Crippen LogP contribution in [-0.2, 0) is 6.61 Å². The maximum Gasteiger partial charge on any atom is 0.122 e. The van der Waals surface area contributed by atoms with Gasteiger partial charge in [0, 0.05) is 10.6 Å². The molecule has 1 nitrogen and oxygen atoms in total. The van der Waals surface area contributed by atoms with Gasteiger partial charge in [-0.05, 0) is 31.5 Å². The fourth-order valence-electron chi connectivity index (χ4n) is 1.73. The van der Waals surface area contributed by atoms with Gasteiger partial charge in [-0.25, -0.2) is 0 Å². The van der Waals surface area contributed by atoms with Gasteiger partial charge >= 0.3 is 0 Å². The van der Waals surface area contributed by atoms with Crippen LogP contribution in [-0.4, -0.2) is 0 Å². The van der Waals surface area contributed by atoms with Crippen LogP contribution in [0.3, 0.4) is 0 Å². The van der Waals surface area contributed by atoms with Gasteiger partial charge in [0.1, 0.15) is 12.4 Å². The zero-order valence-electron chi connectivity index (χ0n) is 10.0. The highest BCUT2D eigenvalue weighted by atomic mass is 35.5. The van der Waals surface area contributed by atoms with E-state index in [2.05, 4.69) is 26.0 Å². The molecule has 0 radical (unpaired) electrons. The van der Waals surface area contributed by atoms with Crippen LogP contribution in [0.2, 0.25) is 5.02 Å². The lowest BCUT2D eigenvalue weighted by Crippen LogP contribution is -1.97. The van der Waals surface area contributed by atoms with E-state index in [-0.39, 0.29) is 0 Å². The van der Waals surface area contributed by atoms with E-state index in [1.54, 1.807) is 0 Å². The van der Waals surface area contributed by atoms with Crippen LogP contribution < -0.4 is 4.74 Å². The smallest absolute Gasteiger partial charge is 0.122 e. The van der Waals surface area contributed by atoms with Crippen LogP contribution >= 0.6 is 11.6 Å². The Morgan fingerprint density at radius 1 is 1.06 bits per heavy atom. The molecular formula is C15H15ClO. The molecule has 17 heavy (non-hydrogen) atoms. The maximum atomic E-state index is 6.08. The Kier molecular flexibility index (Phi) is 3.70. The number of benzene rings is 2. The van der Waals surface area contributed by atoms with Crippen LogP contribution in [0.1, 0.15) is 16.7 Å². The van der Waals surface area contributed by atoms with Crippen molar-refractivity contribution in [2.75, 3.05) is 0 Å². The van der Waals surface area contributed by atoms with E-state index in [1.807, 2.05) is 30.3 Å². The molecule has 0 N–H and O–H groups in total. The molecule has 0 atom stereocenters. The van der Waals surface area contributed by atoms with E-state index in [0.29, 0.717) is 6.61 Å². The lowest BCUT2D eigenvalue weighted by atomic mass is 10.1. The molecule has 0 unspecified atom stereocenters. The standard InChI is InChI=1S/C15H15ClO/c1-11-7-8-15(12(2)9-11)17-10-13-5-3-4-6-14(13)16/h3-9H,10H2,1-2H3. The van der Waals surface area contributed by atoms with Gasteiger partial charge in [0.15, 0.2) is 0 Å². The first-order valence-electron chi connectivity index (χ1n) is 5.60. The maximum absolute atomic E-state index is 6.08. The van der Waals surface area contributed by atoms with E-state index in [0.717, 1.165) is 21.9 Å². The number of hydrogen-bond donors (Lipinski definition) is 0. The highest BCUT2D eigenvalue weighted by molar-refractivity contribution is 6.31. The Morgan fingerprint density at radius 2 is 1.82 bits per heavy atom. The molecule has 0 aromatic heterocycles. The Morgan fingerprint density at radius 3 is 2.53 bits per heavy atom. The molecule has 0 aliphatic rings. The quantitative estimate of drug-likeness (QED) is 0.773. The van der Waals surface area contributed by atoms with E-state index in [4.69, 9.17) is 16.3 Å². The molecule has 0 saturated heterocycles. The minimum atomic E-state index is 0.504. The molecule has 2 aromatic carbocycles. The molecule has 0 heterocycles. The van der Waals surface area contributed by atoms with Gasteiger partial charge in [-0.3, -0.25) is 0 Å². The lowest BCUT2D eigenvalue weighted by molar-refractivity contribution is 0.304. The van der Waals surface area contributed by atoms with Gasteiger partial charge in [-0.2, -0.15) is 0 Å². The van der Waals surface area contributed by atoms with Crippen LogP contribution in [0, 0.1) is 13.8 Å². The second-order valence-corrected chi connectivity index (χ2v) is 4.56. The third-order valence-corrected chi connectivity index (χ3v) is 3.04. The van der Waals surface area contributed by atoms with E-state index >= 15 is 0 Å². The summed E-state index contributed by atoms with van der Waals surface area (Å²) in [6.45, 7) is 4.63. The minimum absolute atomic E-state index is 0.504. The fraction of sp³-hybridized carbons (Fsp3) is 0.200. The molecule has 0 amide bonds. The summed E-state index contributed by atoms with van der Waals surface area (Å²) in [6.07, 6.45) is 0. The van der Waals surface area contributed by atoms with Crippen LogP contribution in [0.25, 0.3) is 0 Å². The molecular weight excluding hydrogens is 232 g/mol. The van der Waals surface area contributed by atoms with E-state index < -0.39 is 0 Å². The first-order valence-corrected chi connectivity index (χ1v) is 5.98. The average Bonchev–Trinajstić information content (AvgIpc) is 2.30. The molecule has 0 fully saturated rings. The average molecular weight is 247 g/mol. The number of aryl methyl sites for hydroxylation is 2. The second kappa shape index (κ2) is 5.24. The Labute approximate surface area is 107 Å². The summed E-state index contributed by atoms with van der Waals surface area (Å²) in [5.41, 5.74) is 3.40. The summed E-state index contributed by atoms with van der Waals surface area (Å²) in [5, 5.41) is 0.747. The summed E-state index contributed by atoms with van der Waals surface area (Å²) in [4.78, 5) is 0. The Hall–Kier alpha value is -1.47. The Bertz CT molecular complexity index is 520. The fourth-order valence-corrected chi connectivity index (χ4v) is 1.92. The molecule has 0 bridgehead atoms. The second-order valence-electron chi connectivity index (χ2n) is 4.15. The lowest BCUT2D eigenvalue weighted by Gasteiger charge is -2.10. The summed E-state index contributed by atoms with van der Waals surface area (Å²) >= 11 is 6.08. The highest BCUT2D eigenvalue weighted by Crippen LogP contribution is 2.22. The topological polar surface area (TPSA) is 9.23 Å². The van der Waals surface area contributed by atoms with Gasteiger partial charge in [0.05, 0.1) is 0 Å². The van der Waals surface area contributed by atoms with Crippen molar-refractivity contribution < 1.29 is 4.74 Å². The monoisotopic (exact) mass is 246 g/mol. The van der Waals surface area contributed by atoms with Crippen molar-refractivity contribution in [2.24, 2.45) is 0 Å². The molecule has 2 heteroatoms. The van der Waals surface area contributed by atoms with Crippen LogP contribution in [0.5, 0.6) is 5.75 Å². The van der Waals surface area contributed by atoms with Crippen molar-refractivity contribution in [3.05, 3.63) is 64.2 Å². The number of halogens is 1. The largest absolute Gasteiger partial charge is 0.489 e. The summed E-state index contributed by atoms with van der Waals surface area (Å²) in [7, 11) is 0. The molecule has 0 aliphatic heterocycles. The van der Waals surface area contributed by atoms with Gasteiger partial charge in [-0.1, -0.05) is 47.5 Å². The number of rotatable bonds is 3. The zero-order chi connectivity index (χ0) is 12.3. The SMILES string of the molecule is Cc1ccc(OCc2ccccc2Cl)c(C)c1. The van der Waals surface area contributed by atoms with E-state index in [9.17, 15) is 0 Å². The Balaban J connectivity index is 2.10. The first-order chi connectivity index (χ1) is 8.16. The van der Waals surface area contributed by atoms with Gasteiger partial charge < -0.3 is 4.74 Å². The zero-order valence-corrected chi connectivity index (χ0v) is 10.8. The predicted octanol–water partition coefficient (Wildman–Crippen LogP) is 4.54. The van der Waals surface area contributed by atoms with Gasteiger partial charge in [-0.15, -0.1) is 0 Å². The number of ether oxygens (including phenoxy) is 1. The molecule has 88 valence electrons. The van der Waals surface area contributed by atoms with Crippen molar-refractivity contribution >= 4 is 11.6 Å². The van der Waals surface area contributed by atoms with Crippen LogP contribution in [0.15, 0.2) is 42.5 Å². The third-order valence-electron chi connectivity index (χ3n) is 2.67. The van der Waals surface area contributed by atoms with Crippen molar-refractivity contribution in [3.8, 4) is 5.75 Å². The van der Waals surface area contributed by atoms with Gasteiger partial charge in [0.25, 0.3) is 0 Å². The molecule has 0 aliphatic carbocycles. The first kappa shape index (κ1) is 12.0. The number of hydrogen-bond acceptors (Lipinski definition) is 1. The molecule has 0 spiro atoms. The summed E-state index contributed by atoms with van der Waals surface area (Å²) in [5.74, 6) is 0.913. The molecule has 2 rings (SSSR count). The summed E-state index contributed by atoms with van der Waals surface area (Å²) in [6, 6.07) is 13.9. The van der Waals surface area contributed by atoms with Gasteiger partial charge in [0.2, 0.25) is 0 Å². The van der Waals surface area contributed by atoms with Crippen LogP contribution in [0.4, 0.5) is 0 Å². The van der Waals surface area contributed by atoms with E-state index in [1.165, 1.54) is 5.56 Å².